The molecule has 1 saturated heterocycles. The van der Waals surface area contributed by atoms with Crippen molar-refractivity contribution >= 4 is 21.6 Å². The van der Waals surface area contributed by atoms with Crippen LogP contribution in [0.3, 0.4) is 0 Å². The maximum absolute atomic E-state index is 13.0. The number of nitrogens with zero attached hydrogens (tertiary/aromatic N) is 4. The van der Waals surface area contributed by atoms with Gasteiger partial charge in [-0.3, -0.25) is 4.79 Å². The largest absolute Gasteiger partial charge is 0.321 e. The molecule has 1 aromatic heterocycles. The lowest BCUT2D eigenvalue weighted by Crippen LogP contribution is -2.42. The van der Waals surface area contributed by atoms with Crippen molar-refractivity contribution in [2.45, 2.75) is 25.2 Å². The fourth-order valence-electron chi connectivity index (χ4n) is 3.93. The molecule has 2 unspecified atom stereocenters. The van der Waals surface area contributed by atoms with Crippen LogP contribution >= 0.6 is 0 Å². The lowest BCUT2D eigenvalue weighted by Gasteiger charge is -2.34. The fourth-order valence-corrected chi connectivity index (χ4v) is 5.61. The molecular formula is C22H25N5O3S. The number of hydrogen-bond donors (Lipinski definition) is 1. The Morgan fingerprint density at radius 1 is 1.00 bits per heavy atom. The molecule has 0 bridgehead atoms. The molecule has 0 aliphatic carbocycles. The van der Waals surface area contributed by atoms with Gasteiger partial charge in [0.1, 0.15) is 0 Å². The summed E-state index contributed by atoms with van der Waals surface area (Å²) in [6, 6.07) is 15.6. The van der Waals surface area contributed by atoms with Crippen LogP contribution in [0.4, 0.5) is 5.69 Å². The van der Waals surface area contributed by atoms with Crippen LogP contribution in [0, 0.1) is 11.8 Å². The van der Waals surface area contributed by atoms with E-state index in [2.05, 4.69) is 29.5 Å². The van der Waals surface area contributed by atoms with Gasteiger partial charge in [-0.25, -0.2) is 13.1 Å². The minimum Gasteiger partial charge on any atom is -0.321 e. The van der Waals surface area contributed by atoms with E-state index in [0.29, 0.717) is 30.6 Å². The Bertz CT molecular complexity index is 1150. The monoisotopic (exact) mass is 439 g/mol. The number of carbonyl (C=O) groups excluding carboxylic acids is 1. The molecule has 1 amide bonds. The lowest BCUT2D eigenvalue weighted by molar-refractivity contribution is 0.102. The maximum atomic E-state index is 13.0. The Morgan fingerprint density at radius 3 is 2.29 bits per heavy atom. The highest BCUT2D eigenvalue weighted by Gasteiger charge is 2.31. The van der Waals surface area contributed by atoms with Crippen LogP contribution in [-0.2, 0) is 10.0 Å². The molecule has 4 rings (SSSR count). The molecule has 9 heteroatoms. The smallest absolute Gasteiger partial charge is 0.277 e. The quantitative estimate of drug-likeness (QED) is 0.659. The van der Waals surface area contributed by atoms with Crippen LogP contribution in [0.25, 0.3) is 5.69 Å². The third-order valence-corrected chi connectivity index (χ3v) is 7.18. The SMILES string of the molecule is CC1CC(C)CN(S(=O)(=O)c2ccc(NC(=O)c3cn(-c4ccccc4)nn3)cc2)C1. The summed E-state index contributed by atoms with van der Waals surface area (Å²) in [4.78, 5) is 12.7. The number of hydrogen-bond acceptors (Lipinski definition) is 5. The Balaban J connectivity index is 1.45. The summed E-state index contributed by atoms with van der Waals surface area (Å²) in [6.07, 6.45) is 2.58. The zero-order chi connectivity index (χ0) is 22.0. The van der Waals surface area contributed by atoms with E-state index in [0.717, 1.165) is 12.1 Å². The summed E-state index contributed by atoms with van der Waals surface area (Å²) in [5.74, 6) is 0.249. The van der Waals surface area contributed by atoms with Gasteiger partial charge in [0, 0.05) is 18.8 Å². The molecule has 2 atom stereocenters. The molecule has 3 aromatic rings. The number of benzene rings is 2. The summed E-state index contributed by atoms with van der Waals surface area (Å²) in [6.45, 7) is 5.21. The normalized spacial score (nSPS) is 19.8. The Morgan fingerprint density at radius 2 is 1.65 bits per heavy atom. The predicted molar refractivity (Wildman–Crippen MR) is 117 cm³/mol. The number of anilines is 1. The van der Waals surface area contributed by atoms with Crippen LogP contribution in [0.5, 0.6) is 0 Å². The maximum Gasteiger partial charge on any atom is 0.277 e. The minimum atomic E-state index is -3.56. The van der Waals surface area contributed by atoms with E-state index in [1.165, 1.54) is 16.8 Å². The van der Waals surface area contributed by atoms with Crippen molar-refractivity contribution in [3.05, 3.63) is 66.5 Å². The second kappa shape index (κ2) is 8.60. The second-order valence-electron chi connectivity index (χ2n) is 8.13. The van der Waals surface area contributed by atoms with E-state index >= 15 is 0 Å². The first-order valence-electron chi connectivity index (χ1n) is 10.2. The number of piperidine rings is 1. The van der Waals surface area contributed by atoms with Gasteiger partial charge in [-0.1, -0.05) is 37.3 Å². The summed E-state index contributed by atoms with van der Waals surface area (Å²) in [5.41, 5.74) is 1.44. The van der Waals surface area contributed by atoms with Crippen molar-refractivity contribution in [1.82, 2.24) is 19.3 Å². The van der Waals surface area contributed by atoms with Gasteiger partial charge in [-0.2, -0.15) is 4.31 Å². The molecule has 2 aromatic carbocycles. The average Bonchev–Trinajstić information content (AvgIpc) is 3.25. The lowest BCUT2D eigenvalue weighted by atomic mass is 9.94. The van der Waals surface area contributed by atoms with Crippen molar-refractivity contribution in [2.75, 3.05) is 18.4 Å². The molecule has 0 saturated carbocycles. The van der Waals surface area contributed by atoms with Gasteiger partial charge >= 0.3 is 0 Å². The highest BCUT2D eigenvalue weighted by Crippen LogP contribution is 2.27. The highest BCUT2D eigenvalue weighted by molar-refractivity contribution is 7.89. The Kier molecular flexibility index (Phi) is 5.88. The zero-order valence-electron chi connectivity index (χ0n) is 17.5. The number of sulfonamides is 1. The molecule has 1 aliphatic heterocycles. The van der Waals surface area contributed by atoms with Crippen LogP contribution in [0.2, 0.25) is 0 Å². The van der Waals surface area contributed by atoms with Crippen LogP contribution in [0.15, 0.2) is 65.7 Å². The van der Waals surface area contributed by atoms with E-state index < -0.39 is 15.9 Å². The molecule has 1 N–H and O–H groups in total. The van der Waals surface area contributed by atoms with E-state index in [4.69, 9.17) is 0 Å². The van der Waals surface area contributed by atoms with Gasteiger partial charge in [-0.05, 0) is 54.7 Å². The van der Waals surface area contributed by atoms with Gasteiger partial charge in [-0.15, -0.1) is 5.10 Å². The average molecular weight is 440 g/mol. The summed E-state index contributed by atoms with van der Waals surface area (Å²) in [5, 5.41) is 10.6. The molecule has 0 spiro atoms. The van der Waals surface area contributed by atoms with Crippen molar-refractivity contribution in [3.8, 4) is 5.69 Å². The molecular weight excluding hydrogens is 414 g/mol. The first kappa shape index (κ1) is 21.2. The standard InChI is InChI=1S/C22H25N5O3S/c1-16-12-17(2)14-26(13-16)31(29,30)20-10-8-18(9-11-20)23-22(28)21-15-27(25-24-21)19-6-4-3-5-7-19/h3-11,15-17H,12-14H2,1-2H3,(H,23,28). The van der Waals surface area contributed by atoms with Crippen LogP contribution < -0.4 is 5.32 Å². The molecule has 162 valence electrons. The van der Waals surface area contributed by atoms with Gasteiger partial charge in [0.05, 0.1) is 16.8 Å². The summed E-state index contributed by atoms with van der Waals surface area (Å²) < 4.78 is 29.1. The van der Waals surface area contributed by atoms with Gasteiger partial charge in [0.15, 0.2) is 5.69 Å². The predicted octanol–water partition coefficient (Wildman–Crippen LogP) is 3.19. The topological polar surface area (TPSA) is 97.2 Å². The van der Waals surface area contributed by atoms with Crippen molar-refractivity contribution in [3.63, 3.8) is 0 Å². The Hall–Kier alpha value is -3.04. The number of rotatable bonds is 5. The van der Waals surface area contributed by atoms with Gasteiger partial charge < -0.3 is 5.32 Å². The number of para-hydroxylation sites is 1. The first-order chi connectivity index (χ1) is 14.8. The van der Waals surface area contributed by atoms with Crippen LogP contribution in [-0.4, -0.2) is 46.7 Å². The van der Waals surface area contributed by atoms with Crippen molar-refractivity contribution < 1.29 is 13.2 Å². The fraction of sp³-hybridized carbons (Fsp3) is 0.318. The van der Waals surface area contributed by atoms with Crippen molar-refractivity contribution in [2.24, 2.45) is 11.8 Å². The molecule has 1 fully saturated rings. The van der Waals surface area contributed by atoms with E-state index in [1.54, 1.807) is 22.6 Å². The molecule has 0 radical (unpaired) electrons. The summed E-state index contributed by atoms with van der Waals surface area (Å²) in [7, 11) is -3.56. The van der Waals surface area contributed by atoms with E-state index in [-0.39, 0.29) is 10.6 Å². The molecule has 1 aliphatic rings. The highest BCUT2D eigenvalue weighted by atomic mass is 32.2. The molecule has 8 nitrogen and oxygen atoms in total. The van der Waals surface area contributed by atoms with Gasteiger partial charge in [0.25, 0.3) is 5.91 Å². The third kappa shape index (κ3) is 4.67. The number of carbonyl (C=O) groups is 1. The summed E-state index contributed by atoms with van der Waals surface area (Å²) >= 11 is 0. The number of amides is 1. The van der Waals surface area contributed by atoms with Crippen LogP contribution in [0.1, 0.15) is 30.8 Å². The van der Waals surface area contributed by atoms with Gasteiger partial charge in [0.2, 0.25) is 10.0 Å². The number of aromatic nitrogens is 3. The minimum absolute atomic E-state index is 0.164. The van der Waals surface area contributed by atoms with E-state index in [1.807, 2.05) is 30.3 Å². The van der Waals surface area contributed by atoms with Crippen molar-refractivity contribution in [1.29, 1.82) is 0 Å². The molecule has 31 heavy (non-hydrogen) atoms. The van der Waals surface area contributed by atoms with E-state index in [9.17, 15) is 13.2 Å². The first-order valence-corrected chi connectivity index (χ1v) is 11.7. The Labute approximate surface area is 181 Å². The zero-order valence-corrected chi connectivity index (χ0v) is 18.3. The number of nitrogens with one attached hydrogen (secondary N) is 1. The second-order valence-corrected chi connectivity index (χ2v) is 10.1. The third-order valence-electron chi connectivity index (χ3n) is 5.33. The molecule has 2 heterocycles.